The number of hydrogen-bond acceptors (Lipinski definition) is 2. The molecule has 0 aliphatic rings. The van der Waals surface area contributed by atoms with E-state index >= 15 is 0 Å². The van der Waals surface area contributed by atoms with Crippen molar-refractivity contribution in [1.82, 2.24) is 4.98 Å². The minimum atomic E-state index is 0.284. The predicted octanol–water partition coefficient (Wildman–Crippen LogP) is 2.34. The lowest BCUT2D eigenvalue weighted by Gasteiger charge is -1.96. The van der Waals surface area contributed by atoms with Crippen molar-refractivity contribution in [2.75, 3.05) is 0 Å². The van der Waals surface area contributed by atoms with Gasteiger partial charge in [-0.3, -0.25) is 4.99 Å². The van der Waals surface area contributed by atoms with Crippen LogP contribution in [0, 0.1) is 0 Å². The molecule has 3 nitrogen and oxygen atoms in total. The molecule has 2 rings (SSSR count). The topological polar surface area (TPSA) is 48.4 Å². The highest BCUT2D eigenvalue weighted by atomic mass is 16.3. The lowest BCUT2D eigenvalue weighted by Crippen LogP contribution is -1.83. The first-order valence-corrected chi connectivity index (χ1v) is 4.76. The molecule has 0 unspecified atom stereocenters. The Bertz CT molecular complexity index is 429. The Hall–Kier alpha value is -2.03. The fourth-order valence-corrected chi connectivity index (χ4v) is 1.28. The maximum atomic E-state index is 9.09. The third-order valence-corrected chi connectivity index (χ3v) is 2.06. The number of phenolic OH excluding ortho intramolecular Hbond substituents is 1. The van der Waals surface area contributed by atoms with Gasteiger partial charge in [0.25, 0.3) is 0 Å². The van der Waals surface area contributed by atoms with Gasteiger partial charge in [-0.25, -0.2) is 0 Å². The zero-order chi connectivity index (χ0) is 10.5. The summed E-state index contributed by atoms with van der Waals surface area (Å²) < 4.78 is 0. The number of aromatic amines is 1. The second kappa shape index (κ2) is 4.46. The number of H-pyrrole nitrogens is 1. The standard InChI is InChI=1S/C12H12N2O/c15-12-5-3-10(4-6-12)8-13-9-11-2-1-7-14-11/h1-7,9,14-15H,8H2. The van der Waals surface area contributed by atoms with Crippen LogP contribution in [0.15, 0.2) is 47.6 Å². The lowest BCUT2D eigenvalue weighted by atomic mass is 10.2. The zero-order valence-electron chi connectivity index (χ0n) is 8.22. The first kappa shape index (κ1) is 9.52. The molecule has 0 radical (unpaired) electrons. The highest BCUT2D eigenvalue weighted by Crippen LogP contribution is 2.10. The highest BCUT2D eigenvalue weighted by molar-refractivity contribution is 5.76. The van der Waals surface area contributed by atoms with E-state index in [1.165, 1.54) is 0 Å². The van der Waals surface area contributed by atoms with Crippen molar-refractivity contribution in [1.29, 1.82) is 0 Å². The van der Waals surface area contributed by atoms with Gasteiger partial charge in [0, 0.05) is 12.4 Å². The normalized spacial score (nSPS) is 10.9. The quantitative estimate of drug-likeness (QED) is 0.734. The Kier molecular flexibility index (Phi) is 2.83. The van der Waals surface area contributed by atoms with Gasteiger partial charge in [-0.1, -0.05) is 12.1 Å². The summed E-state index contributed by atoms with van der Waals surface area (Å²) in [5.74, 6) is 0.284. The molecule has 0 spiro atoms. The predicted molar refractivity (Wildman–Crippen MR) is 60.2 cm³/mol. The van der Waals surface area contributed by atoms with Crippen LogP contribution >= 0.6 is 0 Å². The first-order valence-electron chi connectivity index (χ1n) is 4.76. The van der Waals surface area contributed by atoms with E-state index in [9.17, 15) is 0 Å². The molecule has 2 aromatic rings. The van der Waals surface area contributed by atoms with Gasteiger partial charge < -0.3 is 10.1 Å². The van der Waals surface area contributed by atoms with Gasteiger partial charge >= 0.3 is 0 Å². The van der Waals surface area contributed by atoms with Crippen LogP contribution < -0.4 is 0 Å². The minimum Gasteiger partial charge on any atom is -0.508 e. The van der Waals surface area contributed by atoms with E-state index in [0.29, 0.717) is 6.54 Å². The van der Waals surface area contributed by atoms with E-state index in [2.05, 4.69) is 9.98 Å². The minimum absolute atomic E-state index is 0.284. The van der Waals surface area contributed by atoms with E-state index in [1.807, 2.05) is 30.5 Å². The van der Waals surface area contributed by atoms with Crippen LogP contribution in [0.2, 0.25) is 0 Å². The van der Waals surface area contributed by atoms with Crippen LogP contribution in [-0.4, -0.2) is 16.3 Å². The number of aromatic hydroxyl groups is 1. The molecule has 0 aliphatic carbocycles. The van der Waals surface area contributed by atoms with Crippen LogP contribution in [0.3, 0.4) is 0 Å². The first-order chi connectivity index (χ1) is 7.34. The molecule has 0 aliphatic heterocycles. The third kappa shape index (κ3) is 2.71. The van der Waals surface area contributed by atoms with Gasteiger partial charge in [0.1, 0.15) is 5.75 Å². The summed E-state index contributed by atoms with van der Waals surface area (Å²) in [5.41, 5.74) is 2.07. The van der Waals surface area contributed by atoms with Gasteiger partial charge in [-0.2, -0.15) is 0 Å². The van der Waals surface area contributed by atoms with Crippen LogP contribution in [0.5, 0.6) is 5.75 Å². The van der Waals surface area contributed by atoms with Gasteiger partial charge in [-0.15, -0.1) is 0 Å². The van der Waals surface area contributed by atoms with Crippen LogP contribution in [0.25, 0.3) is 0 Å². The molecule has 0 fully saturated rings. The molecule has 1 aromatic carbocycles. The third-order valence-electron chi connectivity index (χ3n) is 2.06. The molecule has 15 heavy (non-hydrogen) atoms. The van der Waals surface area contributed by atoms with Crippen LogP contribution in [0.1, 0.15) is 11.3 Å². The second-order valence-electron chi connectivity index (χ2n) is 3.26. The van der Waals surface area contributed by atoms with Gasteiger partial charge in [0.2, 0.25) is 0 Å². The Morgan fingerprint density at radius 1 is 1.20 bits per heavy atom. The summed E-state index contributed by atoms with van der Waals surface area (Å²) in [4.78, 5) is 7.32. The van der Waals surface area contributed by atoms with Crippen LogP contribution in [0.4, 0.5) is 0 Å². The number of benzene rings is 1. The summed E-state index contributed by atoms with van der Waals surface area (Å²) in [6, 6.07) is 10.9. The van der Waals surface area contributed by atoms with E-state index in [1.54, 1.807) is 18.3 Å². The smallest absolute Gasteiger partial charge is 0.115 e. The summed E-state index contributed by atoms with van der Waals surface area (Å²) in [7, 11) is 0. The molecule has 0 atom stereocenters. The molecule has 0 amide bonds. The van der Waals surface area contributed by atoms with Gasteiger partial charge in [0.15, 0.2) is 0 Å². The van der Waals surface area contributed by atoms with Gasteiger partial charge in [-0.05, 0) is 29.8 Å². The number of aliphatic imine (C=N–C) groups is 1. The average molecular weight is 200 g/mol. The maximum Gasteiger partial charge on any atom is 0.115 e. The largest absolute Gasteiger partial charge is 0.508 e. The van der Waals surface area contributed by atoms with E-state index < -0.39 is 0 Å². The lowest BCUT2D eigenvalue weighted by molar-refractivity contribution is 0.475. The Morgan fingerprint density at radius 3 is 2.67 bits per heavy atom. The van der Waals surface area contributed by atoms with Crippen molar-refractivity contribution in [2.45, 2.75) is 6.54 Å². The van der Waals surface area contributed by atoms with Crippen molar-refractivity contribution in [3.8, 4) is 5.75 Å². The Labute approximate surface area is 88.1 Å². The molecule has 1 aromatic heterocycles. The van der Waals surface area contributed by atoms with Crippen molar-refractivity contribution < 1.29 is 5.11 Å². The molecule has 0 bridgehead atoms. The molecular formula is C12H12N2O. The van der Waals surface area contributed by atoms with Crippen molar-refractivity contribution >= 4 is 6.21 Å². The molecule has 2 N–H and O–H groups in total. The van der Waals surface area contributed by atoms with E-state index in [4.69, 9.17) is 5.11 Å². The molecule has 76 valence electrons. The van der Waals surface area contributed by atoms with Crippen LogP contribution in [-0.2, 0) is 6.54 Å². The molecule has 0 saturated carbocycles. The average Bonchev–Trinajstić information content (AvgIpc) is 2.74. The Morgan fingerprint density at radius 2 is 2.00 bits per heavy atom. The summed E-state index contributed by atoms with van der Waals surface area (Å²) in [6.07, 6.45) is 3.66. The zero-order valence-corrected chi connectivity index (χ0v) is 8.22. The van der Waals surface area contributed by atoms with Crippen molar-refractivity contribution in [2.24, 2.45) is 4.99 Å². The molecular weight excluding hydrogens is 188 g/mol. The van der Waals surface area contributed by atoms with E-state index in [0.717, 1.165) is 11.3 Å². The second-order valence-corrected chi connectivity index (χ2v) is 3.26. The number of phenols is 1. The molecule has 1 heterocycles. The number of aromatic nitrogens is 1. The molecule has 3 heteroatoms. The number of hydrogen-bond donors (Lipinski definition) is 2. The monoisotopic (exact) mass is 200 g/mol. The highest BCUT2D eigenvalue weighted by Gasteiger charge is 1.91. The number of nitrogens with one attached hydrogen (secondary N) is 1. The summed E-state index contributed by atoms with van der Waals surface area (Å²) in [5, 5.41) is 9.09. The fourth-order valence-electron chi connectivity index (χ4n) is 1.28. The number of rotatable bonds is 3. The van der Waals surface area contributed by atoms with E-state index in [-0.39, 0.29) is 5.75 Å². The molecule has 0 saturated heterocycles. The summed E-state index contributed by atoms with van der Waals surface area (Å²) in [6.45, 7) is 0.624. The van der Waals surface area contributed by atoms with Crippen molar-refractivity contribution in [3.05, 3.63) is 53.9 Å². The number of nitrogens with zero attached hydrogens (tertiary/aromatic N) is 1. The SMILES string of the molecule is Oc1ccc(CN=Cc2ccc[nH]2)cc1. The maximum absolute atomic E-state index is 9.09. The Balaban J connectivity index is 1.96. The van der Waals surface area contributed by atoms with Gasteiger partial charge in [0.05, 0.1) is 12.2 Å². The van der Waals surface area contributed by atoms with Crippen molar-refractivity contribution in [3.63, 3.8) is 0 Å². The summed E-state index contributed by atoms with van der Waals surface area (Å²) >= 11 is 0. The fraction of sp³-hybridized carbons (Fsp3) is 0.0833.